The third-order valence-electron chi connectivity index (χ3n) is 11.8. The van der Waals surface area contributed by atoms with Gasteiger partial charge in [-0.15, -0.1) is 0 Å². The van der Waals surface area contributed by atoms with Crippen molar-refractivity contribution in [2.45, 2.75) is 140 Å². The summed E-state index contributed by atoms with van der Waals surface area (Å²) in [6.07, 6.45) is -5.26. The van der Waals surface area contributed by atoms with Gasteiger partial charge in [-0.05, 0) is 83.0 Å². The Morgan fingerprint density at radius 2 is 1.33 bits per heavy atom. The minimum atomic E-state index is -1.12. The summed E-state index contributed by atoms with van der Waals surface area (Å²) in [6.45, 7) is 8.69. The zero-order valence-electron chi connectivity index (χ0n) is 32.7. The van der Waals surface area contributed by atoms with Crippen LogP contribution in [0.15, 0.2) is 42.5 Å². The normalized spacial score (nSPS) is 35.2. The van der Waals surface area contributed by atoms with Crippen LogP contribution in [0.4, 0.5) is 0 Å². The van der Waals surface area contributed by atoms with Crippen LogP contribution in [0.25, 0.3) is 10.8 Å². The van der Waals surface area contributed by atoms with Gasteiger partial charge in [-0.1, -0.05) is 6.07 Å². The molecule has 310 valence electrons. The topological polar surface area (TPSA) is 217 Å². The van der Waals surface area contributed by atoms with Gasteiger partial charge in [0.25, 0.3) is 0 Å². The first-order chi connectivity index (χ1) is 27.6. The van der Waals surface area contributed by atoms with Crippen molar-refractivity contribution in [2.24, 2.45) is 0 Å². The molecule has 0 spiro atoms. The quantitative estimate of drug-likeness (QED) is 0.176. The summed E-state index contributed by atoms with van der Waals surface area (Å²) < 4.78 is 42.5. The summed E-state index contributed by atoms with van der Waals surface area (Å²) in [5.41, 5.74) is 0.0952. The van der Waals surface area contributed by atoms with E-state index in [2.05, 4.69) is 0 Å². The van der Waals surface area contributed by atoms with E-state index in [0.29, 0.717) is 18.4 Å². The van der Waals surface area contributed by atoms with Crippen LogP contribution in [-0.2, 0) is 38.0 Å². The van der Waals surface area contributed by atoms with E-state index in [9.17, 15) is 39.9 Å². The second kappa shape index (κ2) is 15.7. The van der Waals surface area contributed by atoms with Crippen molar-refractivity contribution < 1.29 is 73.1 Å². The first-order valence-corrected chi connectivity index (χ1v) is 19.7. The number of rotatable bonds is 7. The number of aromatic hydroxyl groups is 3. The lowest BCUT2D eigenvalue weighted by Crippen LogP contribution is -2.54. The molecule has 0 bridgehead atoms. The Bertz CT molecular complexity index is 2140. The molecule has 0 saturated carbocycles. The van der Waals surface area contributed by atoms with E-state index in [4.69, 9.17) is 33.2 Å². The van der Waals surface area contributed by atoms with Gasteiger partial charge >= 0.3 is 0 Å². The summed E-state index contributed by atoms with van der Waals surface area (Å²) in [6, 6.07) is 7.28. The number of ketones is 3. The van der Waals surface area contributed by atoms with Crippen molar-refractivity contribution in [3.8, 4) is 17.2 Å². The maximum absolute atomic E-state index is 13.9. The fourth-order valence-electron chi connectivity index (χ4n) is 8.77. The van der Waals surface area contributed by atoms with Gasteiger partial charge in [0.05, 0.1) is 53.9 Å². The number of aryl methyl sites for hydroxylation is 1. The van der Waals surface area contributed by atoms with Gasteiger partial charge in [-0.25, -0.2) is 0 Å². The average molecular weight is 805 g/mol. The summed E-state index contributed by atoms with van der Waals surface area (Å²) in [5, 5.41) is 56.1. The number of ether oxygens (including phenoxy) is 7. The van der Waals surface area contributed by atoms with Crippen LogP contribution in [-0.4, -0.2) is 117 Å². The fourth-order valence-corrected chi connectivity index (χ4v) is 8.77. The van der Waals surface area contributed by atoms with Crippen LogP contribution in [0.1, 0.15) is 102 Å². The molecule has 58 heavy (non-hydrogen) atoms. The molecule has 5 aliphatic rings. The van der Waals surface area contributed by atoms with Crippen LogP contribution in [0.5, 0.6) is 17.2 Å². The molecule has 0 aromatic heterocycles. The monoisotopic (exact) mass is 804 g/mol. The third-order valence-corrected chi connectivity index (χ3v) is 11.8. The number of hydrogen-bond acceptors (Lipinski definition) is 15. The van der Waals surface area contributed by atoms with Gasteiger partial charge in [0, 0.05) is 46.7 Å². The van der Waals surface area contributed by atoms with Gasteiger partial charge in [-0.3, -0.25) is 14.4 Å². The van der Waals surface area contributed by atoms with E-state index >= 15 is 0 Å². The van der Waals surface area contributed by atoms with E-state index in [0.717, 1.165) is 0 Å². The van der Waals surface area contributed by atoms with E-state index in [1.54, 1.807) is 39.8 Å². The largest absolute Gasteiger partial charge is 0.507 e. The second-order valence-electron chi connectivity index (χ2n) is 16.0. The summed E-state index contributed by atoms with van der Waals surface area (Å²) in [7, 11) is 0. The number of fused-ring (bicyclic) bond motifs is 3. The minimum absolute atomic E-state index is 0.0378. The highest BCUT2D eigenvalue weighted by molar-refractivity contribution is 6.32. The first-order valence-electron chi connectivity index (χ1n) is 19.7. The van der Waals surface area contributed by atoms with Crippen LogP contribution in [0.2, 0.25) is 0 Å². The predicted molar refractivity (Wildman–Crippen MR) is 203 cm³/mol. The number of aliphatic hydroxyl groups excluding tert-OH is 2. The smallest absolute Gasteiger partial charge is 0.198 e. The Morgan fingerprint density at radius 1 is 0.672 bits per heavy atom. The lowest BCUT2D eigenvalue weighted by molar-refractivity contribution is -0.325. The molecule has 4 aliphatic heterocycles. The molecule has 4 heterocycles. The SMILES string of the molecule is Cc1cc(O)c2cc3c(c(O)c2c1)C(=O)c1ccc([C@H]2C[C@@H](O)[C@H](O[C@H]4C[C@H](O)[C@H](O[C@H]5CC[C@H](O[C@H]6C=CC(=O)[C@H](C)O6)[C@H](C)O5)[C@H](C)O4)[C@@H](C)O2)c(O)c1C3=O. The third kappa shape index (κ3) is 7.33. The maximum atomic E-state index is 13.9. The van der Waals surface area contributed by atoms with Gasteiger partial charge in [-0.2, -0.15) is 0 Å². The summed E-state index contributed by atoms with van der Waals surface area (Å²) >= 11 is 0. The van der Waals surface area contributed by atoms with Crippen molar-refractivity contribution in [1.29, 1.82) is 0 Å². The number of aliphatic hydroxyl groups is 2. The Morgan fingerprint density at radius 3 is 2.02 bits per heavy atom. The highest BCUT2D eigenvalue weighted by Crippen LogP contribution is 2.46. The van der Waals surface area contributed by atoms with E-state index in [1.165, 1.54) is 30.3 Å². The zero-order chi connectivity index (χ0) is 41.3. The fraction of sp³-hybridized carbons (Fsp3) is 0.512. The van der Waals surface area contributed by atoms with Crippen LogP contribution >= 0.6 is 0 Å². The van der Waals surface area contributed by atoms with Crippen molar-refractivity contribution in [2.75, 3.05) is 0 Å². The standard InChI is InChI=1S/C43H48O15/c1-17-12-25-24(28(45)13-17)14-26-37(40(25)50)39(49)23-7-6-22(38(48)36(23)41(26)51)32-15-29(46)42(20(4)52-32)58-35-16-30(47)43(21(5)55-35)57-34-11-9-31(19(3)54-34)56-33-10-8-27(44)18(2)53-33/h6-8,10,12-14,18-21,29-35,42-43,45-48,50H,9,11,15-16H2,1-5H3/t18-,19-,20+,21-,29+,30-,31-,32+,33-,34-,35-,42+,43+/m0/s1. The number of phenols is 3. The highest BCUT2D eigenvalue weighted by Gasteiger charge is 2.45. The van der Waals surface area contributed by atoms with Crippen LogP contribution < -0.4 is 0 Å². The van der Waals surface area contributed by atoms with E-state index in [-0.39, 0.29) is 75.2 Å². The Hall–Kier alpha value is -4.29. The molecule has 3 fully saturated rings. The first kappa shape index (κ1) is 40.5. The molecule has 5 N–H and O–H groups in total. The zero-order valence-corrected chi connectivity index (χ0v) is 32.7. The van der Waals surface area contributed by atoms with Gasteiger partial charge in [0.1, 0.15) is 35.6 Å². The molecule has 0 amide bonds. The van der Waals surface area contributed by atoms with E-state index < -0.39 is 90.8 Å². The summed E-state index contributed by atoms with van der Waals surface area (Å²) in [4.78, 5) is 39.3. The lowest BCUT2D eigenvalue weighted by atomic mass is 9.79. The van der Waals surface area contributed by atoms with Gasteiger partial charge < -0.3 is 58.7 Å². The number of phenolic OH excluding ortho intramolecular Hbond substituents is 3. The minimum Gasteiger partial charge on any atom is -0.507 e. The van der Waals surface area contributed by atoms with Crippen molar-refractivity contribution in [3.05, 3.63) is 75.9 Å². The van der Waals surface area contributed by atoms with E-state index in [1.807, 2.05) is 6.92 Å². The Kier molecular flexibility index (Phi) is 11.0. The number of carbonyl (C=O) groups excluding carboxylic acids is 3. The van der Waals surface area contributed by atoms with Crippen molar-refractivity contribution in [1.82, 2.24) is 0 Å². The molecule has 3 aromatic carbocycles. The Labute approximate surface area is 334 Å². The predicted octanol–water partition coefficient (Wildman–Crippen LogP) is 4.30. The molecule has 15 heteroatoms. The molecule has 15 nitrogen and oxygen atoms in total. The molecular weight excluding hydrogens is 756 g/mol. The number of hydrogen-bond donors (Lipinski definition) is 5. The lowest BCUT2D eigenvalue weighted by Gasteiger charge is -2.44. The Balaban J connectivity index is 0.889. The average Bonchev–Trinajstić information content (AvgIpc) is 3.16. The summed E-state index contributed by atoms with van der Waals surface area (Å²) in [5.74, 6) is -2.58. The maximum Gasteiger partial charge on any atom is 0.198 e. The molecule has 0 unspecified atom stereocenters. The second-order valence-corrected chi connectivity index (χ2v) is 16.0. The molecule has 13 atom stereocenters. The molecule has 1 aliphatic carbocycles. The van der Waals surface area contributed by atoms with Crippen LogP contribution in [0, 0.1) is 6.92 Å². The van der Waals surface area contributed by atoms with Crippen molar-refractivity contribution >= 4 is 28.1 Å². The molecule has 8 rings (SSSR count). The molecular formula is C43H48O15. The molecule has 3 saturated heterocycles. The van der Waals surface area contributed by atoms with Gasteiger partial charge in [0.2, 0.25) is 0 Å². The number of carbonyl (C=O) groups is 3. The van der Waals surface area contributed by atoms with Crippen LogP contribution in [0.3, 0.4) is 0 Å². The number of benzene rings is 3. The molecule has 3 aromatic rings. The highest BCUT2D eigenvalue weighted by atomic mass is 16.7. The van der Waals surface area contributed by atoms with Crippen molar-refractivity contribution in [3.63, 3.8) is 0 Å². The molecule has 0 radical (unpaired) electrons. The van der Waals surface area contributed by atoms with Gasteiger partial charge in [0.15, 0.2) is 36.2 Å².